The Balaban J connectivity index is 2.74. The van der Waals surface area contributed by atoms with Gasteiger partial charge < -0.3 is 4.74 Å². The second-order valence-corrected chi connectivity index (χ2v) is 3.72. The molecule has 0 saturated heterocycles. The summed E-state index contributed by atoms with van der Waals surface area (Å²) in [5.74, 6) is 5.38. The normalized spacial score (nSPS) is 12.4. The van der Waals surface area contributed by atoms with Crippen LogP contribution in [0.1, 0.15) is 39.2 Å². The minimum absolute atomic E-state index is 0.188. The Morgan fingerprint density at radius 3 is 2.81 bits per heavy atom. The van der Waals surface area contributed by atoms with Crippen LogP contribution in [0.15, 0.2) is 18.7 Å². The van der Waals surface area contributed by atoms with E-state index in [2.05, 4.69) is 6.92 Å². The van der Waals surface area contributed by atoms with Gasteiger partial charge in [0.1, 0.15) is 6.20 Å². The molecule has 0 saturated carbocycles. The molecule has 0 bridgehead atoms. The van der Waals surface area contributed by atoms with Gasteiger partial charge in [-0.3, -0.25) is 5.84 Å². The molecule has 0 aliphatic heterocycles. The summed E-state index contributed by atoms with van der Waals surface area (Å²) in [5.41, 5.74) is 0. The second-order valence-electron chi connectivity index (χ2n) is 3.72. The first-order chi connectivity index (χ1) is 7.69. The van der Waals surface area contributed by atoms with E-state index < -0.39 is 0 Å². The average molecular weight is 226 g/mol. The highest BCUT2D eigenvalue weighted by molar-refractivity contribution is 5.72. The highest BCUT2D eigenvalue weighted by Crippen LogP contribution is 2.10. The number of esters is 1. The Morgan fingerprint density at radius 2 is 2.31 bits per heavy atom. The van der Waals surface area contributed by atoms with Gasteiger partial charge in [-0.05, 0) is 19.8 Å². The molecule has 1 rings (SSSR count). The average Bonchev–Trinajstić information content (AvgIpc) is 2.66. The maximum absolute atomic E-state index is 11.8. The van der Waals surface area contributed by atoms with Crippen LogP contribution in [0.2, 0.25) is 0 Å². The van der Waals surface area contributed by atoms with Crippen LogP contribution in [0.3, 0.4) is 0 Å². The standard InChI is InChI=1S/C11H20N3O2/c1-3-5-6-10(11(15)16-4-2)13-7-8-14(12)9-13/h7-10H,3-6,12H2,1-2H3/q+1. The molecule has 0 aliphatic rings. The lowest BCUT2D eigenvalue weighted by atomic mass is 10.1. The van der Waals surface area contributed by atoms with Crippen LogP contribution in [0.5, 0.6) is 0 Å². The Morgan fingerprint density at radius 1 is 1.56 bits per heavy atom. The molecule has 0 fully saturated rings. The quantitative estimate of drug-likeness (QED) is 0.443. The van der Waals surface area contributed by atoms with Crippen molar-refractivity contribution in [3.63, 3.8) is 0 Å². The first kappa shape index (κ1) is 12.5. The number of nitrogen functional groups attached to an aromatic ring is 1. The SMILES string of the molecule is CCCCC(C(=O)OCC)[n+]1ccn(N)c1. The molecule has 16 heavy (non-hydrogen) atoms. The van der Waals surface area contributed by atoms with Gasteiger partial charge in [-0.15, -0.1) is 4.68 Å². The number of hydrogen-bond acceptors (Lipinski definition) is 3. The molecular formula is C11H20N3O2+. The monoisotopic (exact) mass is 226 g/mol. The lowest BCUT2D eigenvalue weighted by Gasteiger charge is -2.11. The lowest BCUT2D eigenvalue weighted by molar-refractivity contribution is -0.711. The second kappa shape index (κ2) is 6.15. The molecule has 0 radical (unpaired) electrons. The van der Waals surface area contributed by atoms with E-state index in [0.717, 1.165) is 19.3 Å². The zero-order chi connectivity index (χ0) is 12.0. The number of nitrogens with two attached hydrogens (primary N) is 1. The molecule has 1 atom stereocenters. The molecule has 2 N–H and O–H groups in total. The molecule has 0 aromatic carbocycles. The van der Waals surface area contributed by atoms with Gasteiger partial charge in [-0.2, -0.15) is 0 Å². The fourth-order valence-electron chi connectivity index (χ4n) is 1.59. The van der Waals surface area contributed by atoms with Crippen LogP contribution in [0, 0.1) is 0 Å². The third-order valence-electron chi connectivity index (χ3n) is 2.43. The summed E-state index contributed by atoms with van der Waals surface area (Å²) in [4.78, 5) is 11.8. The number of hydrogen-bond donors (Lipinski definition) is 1. The van der Waals surface area contributed by atoms with E-state index in [1.54, 1.807) is 23.3 Å². The van der Waals surface area contributed by atoms with Gasteiger partial charge in [-0.1, -0.05) is 13.3 Å². The molecule has 0 aliphatic carbocycles. The summed E-state index contributed by atoms with van der Waals surface area (Å²) in [5, 5.41) is 0. The van der Waals surface area contributed by atoms with Crippen molar-refractivity contribution >= 4 is 5.97 Å². The maximum Gasteiger partial charge on any atom is 0.351 e. The van der Waals surface area contributed by atoms with Crippen LogP contribution >= 0.6 is 0 Å². The molecular weight excluding hydrogens is 206 g/mol. The molecule has 0 amide bonds. The summed E-state index contributed by atoms with van der Waals surface area (Å²) in [6.45, 7) is 4.32. The highest BCUT2D eigenvalue weighted by Gasteiger charge is 2.25. The third-order valence-corrected chi connectivity index (χ3v) is 2.43. The van der Waals surface area contributed by atoms with E-state index in [1.165, 1.54) is 4.68 Å². The van der Waals surface area contributed by atoms with Gasteiger partial charge >= 0.3 is 5.97 Å². The minimum Gasteiger partial charge on any atom is -0.463 e. The van der Waals surface area contributed by atoms with Gasteiger partial charge in [-0.25, -0.2) is 9.36 Å². The van der Waals surface area contributed by atoms with E-state index in [1.807, 2.05) is 6.92 Å². The number of nitrogens with zero attached hydrogens (tertiary/aromatic N) is 2. The Labute approximate surface area is 95.8 Å². The van der Waals surface area contributed by atoms with Crippen molar-refractivity contribution in [1.29, 1.82) is 0 Å². The molecule has 0 spiro atoms. The zero-order valence-corrected chi connectivity index (χ0v) is 9.93. The largest absolute Gasteiger partial charge is 0.463 e. The van der Waals surface area contributed by atoms with E-state index >= 15 is 0 Å². The zero-order valence-electron chi connectivity index (χ0n) is 9.93. The summed E-state index contributed by atoms with van der Waals surface area (Å²) >= 11 is 0. The van der Waals surface area contributed by atoms with Gasteiger partial charge in [0, 0.05) is 0 Å². The summed E-state index contributed by atoms with van der Waals surface area (Å²) in [6, 6.07) is -0.260. The van der Waals surface area contributed by atoms with Crippen molar-refractivity contribution in [3.8, 4) is 0 Å². The van der Waals surface area contributed by atoms with E-state index in [-0.39, 0.29) is 12.0 Å². The van der Waals surface area contributed by atoms with Crippen molar-refractivity contribution in [2.45, 2.75) is 39.2 Å². The highest BCUT2D eigenvalue weighted by atomic mass is 16.5. The number of carbonyl (C=O) groups is 1. The smallest absolute Gasteiger partial charge is 0.351 e. The van der Waals surface area contributed by atoms with Gasteiger partial charge in [0.25, 0.3) is 6.33 Å². The predicted octanol–water partition coefficient (Wildman–Crippen LogP) is 0.784. The molecule has 1 aromatic rings. The third kappa shape index (κ3) is 3.25. The number of aromatic nitrogens is 2. The first-order valence-electron chi connectivity index (χ1n) is 5.69. The van der Waals surface area contributed by atoms with Crippen molar-refractivity contribution in [1.82, 2.24) is 4.68 Å². The van der Waals surface area contributed by atoms with E-state index in [4.69, 9.17) is 10.6 Å². The summed E-state index contributed by atoms with van der Waals surface area (Å²) < 4.78 is 8.28. The number of imidazole rings is 1. The van der Waals surface area contributed by atoms with Gasteiger partial charge in [0.15, 0.2) is 12.2 Å². The minimum atomic E-state index is -0.260. The van der Waals surface area contributed by atoms with Crippen molar-refractivity contribution in [2.75, 3.05) is 12.4 Å². The van der Waals surface area contributed by atoms with Crippen LogP contribution < -0.4 is 10.4 Å². The molecule has 1 heterocycles. The van der Waals surface area contributed by atoms with Gasteiger partial charge in [0.05, 0.1) is 6.61 Å². The van der Waals surface area contributed by atoms with Gasteiger partial charge in [0.2, 0.25) is 0 Å². The number of carbonyl (C=O) groups excluding carboxylic acids is 1. The molecule has 90 valence electrons. The van der Waals surface area contributed by atoms with Crippen LogP contribution in [-0.4, -0.2) is 17.3 Å². The molecule has 5 nitrogen and oxygen atoms in total. The maximum atomic E-state index is 11.8. The van der Waals surface area contributed by atoms with Crippen LogP contribution in [0.25, 0.3) is 0 Å². The lowest BCUT2D eigenvalue weighted by Crippen LogP contribution is -2.43. The Bertz CT molecular complexity index is 336. The van der Waals surface area contributed by atoms with Crippen LogP contribution in [0.4, 0.5) is 0 Å². The van der Waals surface area contributed by atoms with E-state index in [0.29, 0.717) is 6.61 Å². The number of rotatable bonds is 6. The molecule has 5 heteroatoms. The Kier molecular flexibility index (Phi) is 4.82. The fraction of sp³-hybridized carbons (Fsp3) is 0.636. The Hall–Kier alpha value is -1.52. The number of ether oxygens (including phenoxy) is 1. The number of unbranched alkanes of at least 4 members (excludes halogenated alkanes) is 1. The van der Waals surface area contributed by atoms with Crippen LogP contribution in [-0.2, 0) is 9.53 Å². The summed E-state index contributed by atoms with van der Waals surface area (Å²) in [6.07, 6.45) is 8.02. The topological polar surface area (TPSA) is 61.1 Å². The van der Waals surface area contributed by atoms with Crippen molar-refractivity contribution < 1.29 is 14.1 Å². The van der Waals surface area contributed by atoms with E-state index in [9.17, 15) is 4.79 Å². The van der Waals surface area contributed by atoms with Crippen molar-refractivity contribution in [2.24, 2.45) is 0 Å². The molecule has 1 aromatic heterocycles. The first-order valence-corrected chi connectivity index (χ1v) is 5.69. The summed E-state index contributed by atoms with van der Waals surface area (Å²) in [7, 11) is 0. The predicted molar refractivity (Wildman–Crippen MR) is 60.0 cm³/mol. The molecule has 1 unspecified atom stereocenters. The fourth-order valence-corrected chi connectivity index (χ4v) is 1.59. The van der Waals surface area contributed by atoms with Crippen molar-refractivity contribution in [3.05, 3.63) is 18.7 Å².